The van der Waals surface area contributed by atoms with Crippen molar-refractivity contribution in [2.45, 2.75) is 24.3 Å². The van der Waals surface area contributed by atoms with E-state index in [2.05, 4.69) is 14.7 Å². The highest BCUT2D eigenvalue weighted by atomic mass is 32.2. The molecule has 3 aromatic rings. The van der Waals surface area contributed by atoms with Crippen LogP contribution in [0.1, 0.15) is 17.5 Å². The van der Waals surface area contributed by atoms with Crippen molar-refractivity contribution in [1.29, 1.82) is 0 Å². The van der Waals surface area contributed by atoms with Gasteiger partial charge in [-0.3, -0.25) is 14.5 Å². The normalized spacial score (nSPS) is 11.3. The second-order valence-electron chi connectivity index (χ2n) is 6.26. The third-order valence-electron chi connectivity index (χ3n) is 3.98. The SMILES string of the molecule is Cn1cnc(S(=O)(=O)Nc2ccc(CC(=O)CCc3cccnc3)cc2)c1. The minimum Gasteiger partial charge on any atom is -0.339 e. The summed E-state index contributed by atoms with van der Waals surface area (Å²) in [7, 11) is -2.02. The number of Topliss-reactive ketones (excluding diaryl/α,β-unsaturated/α-hetero) is 1. The molecule has 1 N–H and O–H groups in total. The van der Waals surface area contributed by atoms with Crippen molar-refractivity contribution in [3.05, 3.63) is 72.4 Å². The van der Waals surface area contributed by atoms with Gasteiger partial charge in [-0.25, -0.2) is 4.98 Å². The number of hydrogen-bond acceptors (Lipinski definition) is 5. The minimum absolute atomic E-state index is 0.0420. The molecule has 0 aliphatic rings. The van der Waals surface area contributed by atoms with Crippen LogP contribution in [0.4, 0.5) is 5.69 Å². The maximum atomic E-state index is 12.3. The fourth-order valence-electron chi connectivity index (χ4n) is 2.57. The van der Waals surface area contributed by atoms with Crippen molar-refractivity contribution in [1.82, 2.24) is 14.5 Å². The lowest BCUT2D eigenvalue weighted by atomic mass is 10.0. The Bertz CT molecular complexity index is 1010. The molecule has 3 rings (SSSR count). The molecule has 0 unspecified atom stereocenters. The number of sulfonamides is 1. The fourth-order valence-corrected chi connectivity index (χ4v) is 3.61. The molecule has 0 amide bonds. The topological polar surface area (TPSA) is 94.0 Å². The van der Waals surface area contributed by atoms with Gasteiger partial charge in [0.15, 0.2) is 5.03 Å². The van der Waals surface area contributed by atoms with Crippen LogP contribution in [-0.4, -0.2) is 28.7 Å². The first-order valence-corrected chi connectivity index (χ1v) is 9.91. The Labute approximate surface area is 158 Å². The molecule has 0 aliphatic heterocycles. The first kappa shape index (κ1) is 18.8. The first-order valence-electron chi connectivity index (χ1n) is 8.43. The summed E-state index contributed by atoms with van der Waals surface area (Å²) in [5.41, 5.74) is 2.30. The number of pyridine rings is 1. The van der Waals surface area contributed by atoms with Crippen LogP contribution in [0, 0.1) is 0 Å². The quantitative estimate of drug-likeness (QED) is 0.643. The number of aryl methyl sites for hydroxylation is 2. The van der Waals surface area contributed by atoms with Gasteiger partial charge >= 0.3 is 0 Å². The molecule has 2 aromatic heterocycles. The number of ketones is 1. The Morgan fingerprint density at radius 1 is 1.15 bits per heavy atom. The van der Waals surface area contributed by atoms with Crippen molar-refractivity contribution in [3.63, 3.8) is 0 Å². The summed E-state index contributed by atoms with van der Waals surface area (Å²) in [5.74, 6) is 0.126. The van der Waals surface area contributed by atoms with Gasteiger partial charge < -0.3 is 4.57 Å². The van der Waals surface area contributed by atoms with E-state index in [-0.39, 0.29) is 10.8 Å². The van der Waals surface area contributed by atoms with Crippen LogP contribution in [-0.2, 0) is 34.7 Å². The Kier molecular flexibility index (Phi) is 5.66. The maximum absolute atomic E-state index is 12.3. The van der Waals surface area contributed by atoms with Crippen molar-refractivity contribution in [3.8, 4) is 0 Å². The Morgan fingerprint density at radius 3 is 2.56 bits per heavy atom. The molecule has 2 heterocycles. The fraction of sp³-hybridized carbons (Fsp3) is 0.211. The van der Waals surface area contributed by atoms with Gasteiger partial charge in [-0.05, 0) is 35.7 Å². The van der Waals surface area contributed by atoms with E-state index < -0.39 is 10.0 Å². The molecule has 0 saturated carbocycles. The van der Waals surface area contributed by atoms with Crippen LogP contribution in [0.15, 0.2) is 66.3 Å². The van der Waals surface area contributed by atoms with Crippen LogP contribution < -0.4 is 4.72 Å². The summed E-state index contributed by atoms with van der Waals surface area (Å²) in [4.78, 5) is 20.0. The number of benzene rings is 1. The molecule has 7 nitrogen and oxygen atoms in total. The van der Waals surface area contributed by atoms with Crippen LogP contribution in [0.2, 0.25) is 0 Å². The third-order valence-corrected chi connectivity index (χ3v) is 5.25. The molecule has 0 spiro atoms. The molecular weight excluding hydrogens is 364 g/mol. The van der Waals surface area contributed by atoms with Crippen LogP contribution in [0.5, 0.6) is 0 Å². The van der Waals surface area contributed by atoms with Gasteiger partial charge in [0.05, 0.1) is 6.33 Å². The van der Waals surface area contributed by atoms with Crippen LogP contribution >= 0.6 is 0 Å². The van der Waals surface area contributed by atoms with Crippen molar-refractivity contribution < 1.29 is 13.2 Å². The minimum atomic E-state index is -3.72. The van der Waals surface area contributed by atoms with Crippen LogP contribution in [0.3, 0.4) is 0 Å². The van der Waals surface area contributed by atoms with Crippen LogP contribution in [0.25, 0.3) is 0 Å². The van der Waals surface area contributed by atoms with Gasteiger partial charge in [-0.1, -0.05) is 18.2 Å². The van der Waals surface area contributed by atoms with E-state index in [4.69, 9.17) is 0 Å². The van der Waals surface area contributed by atoms with Gasteiger partial charge in [0.25, 0.3) is 10.0 Å². The molecule has 0 fully saturated rings. The molecule has 0 aliphatic carbocycles. The molecule has 0 radical (unpaired) electrons. The maximum Gasteiger partial charge on any atom is 0.280 e. The predicted molar refractivity (Wildman–Crippen MR) is 102 cm³/mol. The number of anilines is 1. The highest BCUT2D eigenvalue weighted by molar-refractivity contribution is 7.92. The smallest absolute Gasteiger partial charge is 0.280 e. The molecular formula is C19H20N4O3S. The van der Waals surface area contributed by atoms with Gasteiger partial charge in [0.1, 0.15) is 5.78 Å². The van der Waals surface area contributed by atoms with Crippen molar-refractivity contribution >= 4 is 21.5 Å². The highest BCUT2D eigenvalue weighted by Gasteiger charge is 2.17. The number of carbonyl (C=O) groups excluding carboxylic acids is 1. The summed E-state index contributed by atoms with van der Waals surface area (Å²) in [6, 6.07) is 10.6. The summed E-state index contributed by atoms with van der Waals surface area (Å²) in [5, 5.41) is -0.0420. The van der Waals surface area contributed by atoms with Gasteiger partial charge in [0, 0.05) is 44.2 Å². The summed E-state index contributed by atoms with van der Waals surface area (Å²) < 4.78 is 28.5. The Balaban J connectivity index is 1.56. The number of carbonyl (C=O) groups is 1. The number of aromatic nitrogens is 3. The van der Waals surface area contributed by atoms with Gasteiger partial charge in [-0.2, -0.15) is 8.42 Å². The number of nitrogens with one attached hydrogen (secondary N) is 1. The van der Waals surface area contributed by atoms with Gasteiger partial charge in [0.2, 0.25) is 0 Å². The zero-order valence-corrected chi connectivity index (χ0v) is 15.7. The van der Waals surface area contributed by atoms with Crippen molar-refractivity contribution in [2.75, 3.05) is 4.72 Å². The Hall–Kier alpha value is -3.00. The average molecular weight is 384 g/mol. The second kappa shape index (κ2) is 8.13. The molecule has 1 aromatic carbocycles. The monoisotopic (exact) mass is 384 g/mol. The number of nitrogens with zero attached hydrogens (tertiary/aromatic N) is 3. The Morgan fingerprint density at radius 2 is 1.93 bits per heavy atom. The molecule has 8 heteroatoms. The molecule has 140 valence electrons. The standard InChI is InChI=1S/C19H20N4O3S/c1-23-13-19(21-14-23)27(25,26)22-17-7-4-15(5-8-17)11-18(24)9-6-16-3-2-10-20-12-16/h2-5,7-8,10,12-14,22H,6,9,11H2,1H3. The number of hydrogen-bond donors (Lipinski definition) is 1. The highest BCUT2D eigenvalue weighted by Crippen LogP contribution is 2.16. The number of imidazole rings is 1. The molecule has 0 bridgehead atoms. The van der Waals surface area contributed by atoms with Crippen molar-refractivity contribution in [2.24, 2.45) is 7.05 Å². The van der Waals surface area contributed by atoms with E-state index in [0.29, 0.717) is 24.9 Å². The van der Waals surface area contributed by atoms with E-state index in [1.165, 1.54) is 12.5 Å². The summed E-state index contributed by atoms with van der Waals surface area (Å²) >= 11 is 0. The lowest BCUT2D eigenvalue weighted by Gasteiger charge is -2.07. The van der Waals surface area contributed by atoms with E-state index in [9.17, 15) is 13.2 Å². The van der Waals surface area contributed by atoms with E-state index >= 15 is 0 Å². The molecule has 0 saturated heterocycles. The lowest BCUT2D eigenvalue weighted by molar-refractivity contribution is -0.118. The van der Waals surface area contributed by atoms with E-state index in [0.717, 1.165) is 11.1 Å². The third kappa shape index (κ3) is 5.24. The lowest BCUT2D eigenvalue weighted by Crippen LogP contribution is -2.13. The number of rotatable bonds is 8. The summed E-state index contributed by atoms with van der Waals surface area (Å²) in [6.07, 6.45) is 7.74. The van der Waals surface area contributed by atoms with Gasteiger partial charge in [-0.15, -0.1) is 0 Å². The zero-order valence-electron chi connectivity index (χ0n) is 14.9. The molecule has 27 heavy (non-hydrogen) atoms. The first-order chi connectivity index (χ1) is 12.9. The van der Waals surface area contributed by atoms with E-state index in [1.54, 1.807) is 48.3 Å². The zero-order chi connectivity index (χ0) is 19.3. The predicted octanol–water partition coefficient (Wildman–Crippen LogP) is 2.36. The largest absolute Gasteiger partial charge is 0.339 e. The molecule has 0 atom stereocenters. The average Bonchev–Trinajstić information content (AvgIpc) is 3.10. The summed E-state index contributed by atoms with van der Waals surface area (Å²) in [6.45, 7) is 0. The second-order valence-corrected chi connectivity index (χ2v) is 7.89. The van der Waals surface area contributed by atoms with E-state index in [1.807, 2.05) is 12.1 Å².